The average molecular weight is 707 g/mol. The minimum absolute atomic E-state index is 0.0371. The molecule has 2 aliphatic heterocycles. The van der Waals surface area contributed by atoms with Gasteiger partial charge >= 0.3 is 5.97 Å². The number of Topliss-reactive ketones (excluding diaryl/α,β-unsaturated/α-hetero) is 1. The number of hydrogen-bond donors (Lipinski definition) is 0. The van der Waals surface area contributed by atoms with Gasteiger partial charge < -0.3 is 23.4 Å². The summed E-state index contributed by atoms with van der Waals surface area (Å²) in [4.78, 5) is 26.9. The second kappa shape index (κ2) is 18.7. The highest BCUT2D eigenvalue weighted by Crippen LogP contribution is 2.41. The number of methoxy groups -OCH3 is 1. The van der Waals surface area contributed by atoms with Crippen LogP contribution in [0.4, 0.5) is 0 Å². The molecule has 2 aliphatic rings. The topological polar surface area (TPSA) is 80.3 Å². The molecule has 0 radical (unpaired) electrons. The molecule has 0 saturated carbocycles. The van der Waals surface area contributed by atoms with Gasteiger partial charge in [-0.05, 0) is 52.9 Å². The van der Waals surface area contributed by atoms with Crippen LogP contribution >= 0.6 is 0 Å². The molecule has 0 amide bonds. The number of hydrogen-bond acceptors (Lipinski definition) is 7. The standard InChI is InChI=1S/C42H62O7Si/c1-9-18-34-27-33(43)25-32(4)40(46-29-45-8)39(28-35-26-31(3)38(47-35)24-17-16-19-30(2)41(44)48-34)49-50(42(5,6)7,36-20-12-10-13-21-36)37-22-14-11-15-23-37/h10-17,20-23,30-32,34-35,38-40H,9,18-19,24-29H2,1-8H3/b17-16+/t30-,31+,32-,34+,35-,38+,39-,40+/m1/s1. The molecule has 0 N–H and O–H groups in total. The molecule has 0 aromatic heterocycles. The van der Waals surface area contributed by atoms with Crippen LogP contribution in [0.25, 0.3) is 0 Å². The highest BCUT2D eigenvalue weighted by Gasteiger charge is 2.53. The van der Waals surface area contributed by atoms with E-state index in [1.807, 2.05) is 6.92 Å². The van der Waals surface area contributed by atoms with Gasteiger partial charge in [0.1, 0.15) is 18.7 Å². The molecule has 50 heavy (non-hydrogen) atoms. The molecule has 0 unspecified atom stereocenters. The molecular weight excluding hydrogens is 645 g/mol. The van der Waals surface area contributed by atoms with E-state index in [9.17, 15) is 9.59 Å². The van der Waals surface area contributed by atoms with Crippen molar-refractivity contribution < 1.29 is 33.0 Å². The highest BCUT2D eigenvalue weighted by molar-refractivity contribution is 6.99. The van der Waals surface area contributed by atoms with Gasteiger partial charge in [0.15, 0.2) is 0 Å². The molecule has 8 atom stereocenters. The summed E-state index contributed by atoms with van der Waals surface area (Å²) in [5.74, 6) is -0.317. The Morgan fingerprint density at radius 3 is 2.04 bits per heavy atom. The molecule has 2 aromatic rings. The van der Waals surface area contributed by atoms with Crippen molar-refractivity contribution in [1.29, 1.82) is 0 Å². The number of ketones is 1. The number of carbonyl (C=O) groups is 2. The molecule has 4 rings (SSSR count). The summed E-state index contributed by atoms with van der Waals surface area (Å²) in [5, 5.41) is 2.13. The van der Waals surface area contributed by atoms with Crippen LogP contribution in [-0.4, -0.2) is 64.5 Å². The van der Waals surface area contributed by atoms with E-state index < -0.39 is 26.6 Å². The summed E-state index contributed by atoms with van der Waals surface area (Å²) >= 11 is 0. The Morgan fingerprint density at radius 1 is 0.840 bits per heavy atom. The maximum Gasteiger partial charge on any atom is 0.309 e. The van der Waals surface area contributed by atoms with E-state index in [2.05, 4.69) is 114 Å². The van der Waals surface area contributed by atoms with Gasteiger partial charge in [0.05, 0.1) is 30.3 Å². The molecule has 0 aliphatic carbocycles. The molecule has 1 saturated heterocycles. The maximum atomic E-state index is 13.8. The molecule has 2 aromatic carbocycles. The predicted molar refractivity (Wildman–Crippen MR) is 202 cm³/mol. The minimum atomic E-state index is -3.01. The number of rotatable bonds is 9. The minimum Gasteiger partial charge on any atom is -0.462 e. The number of carbonyl (C=O) groups excluding carboxylic acids is 2. The number of ether oxygens (including phenoxy) is 4. The Kier molecular flexibility index (Phi) is 15.1. The summed E-state index contributed by atoms with van der Waals surface area (Å²) in [7, 11) is -1.39. The SMILES string of the molecule is CCC[C@H]1CC(=O)C[C@@H](C)[C@H](OCOC)[C@H](O[Si](c2ccccc2)(c2ccccc2)C(C)(C)C)C[C@H]2C[C@H](C)[C@H](C/C=C/C[C@@H](C)C(=O)O1)O2. The largest absolute Gasteiger partial charge is 0.462 e. The van der Waals surface area contributed by atoms with Gasteiger partial charge in [0.25, 0.3) is 8.32 Å². The lowest BCUT2D eigenvalue weighted by molar-refractivity contribution is -0.155. The summed E-state index contributed by atoms with van der Waals surface area (Å²) in [5.41, 5.74) is 0. The van der Waals surface area contributed by atoms with Crippen LogP contribution in [0.2, 0.25) is 5.04 Å². The van der Waals surface area contributed by atoms with Crippen LogP contribution in [-0.2, 0) is 33.0 Å². The van der Waals surface area contributed by atoms with Gasteiger partial charge in [-0.2, -0.15) is 0 Å². The van der Waals surface area contributed by atoms with Crippen molar-refractivity contribution >= 4 is 30.4 Å². The van der Waals surface area contributed by atoms with Gasteiger partial charge in [-0.25, -0.2) is 0 Å². The van der Waals surface area contributed by atoms with E-state index >= 15 is 0 Å². The molecule has 276 valence electrons. The second-order valence-electron chi connectivity index (χ2n) is 15.7. The predicted octanol–water partition coefficient (Wildman–Crippen LogP) is 7.79. The molecule has 1 fully saturated rings. The van der Waals surface area contributed by atoms with Crippen LogP contribution in [0.15, 0.2) is 72.8 Å². The van der Waals surface area contributed by atoms with Gasteiger partial charge in [-0.3, -0.25) is 9.59 Å². The van der Waals surface area contributed by atoms with Gasteiger partial charge in [0, 0.05) is 26.4 Å². The smallest absolute Gasteiger partial charge is 0.309 e. The monoisotopic (exact) mass is 706 g/mol. The Hall–Kier alpha value is -2.62. The van der Waals surface area contributed by atoms with Crippen molar-refractivity contribution in [1.82, 2.24) is 0 Å². The van der Waals surface area contributed by atoms with Gasteiger partial charge in [-0.15, -0.1) is 0 Å². The zero-order valence-electron chi connectivity index (χ0n) is 31.8. The molecule has 0 spiro atoms. The summed E-state index contributed by atoms with van der Waals surface area (Å²) in [6.45, 7) is 15.2. The fourth-order valence-electron chi connectivity index (χ4n) is 7.90. The zero-order valence-corrected chi connectivity index (χ0v) is 32.8. The number of allylic oxidation sites excluding steroid dienone is 1. The number of fused-ring (bicyclic) bond motifs is 2. The van der Waals surface area contributed by atoms with Crippen LogP contribution in [0.3, 0.4) is 0 Å². The highest BCUT2D eigenvalue weighted by atomic mass is 28.4. The molecule has 8 heteroatoms. The van der Waals surface area contributed by atoms with E-state index in [4.69, 9.17) is 23.4 Å². The second-order valence-corrected chi connectivity index (χ2v) is 20.0. The number of benzene rings is 2. The van der Waals surface area contributed by atoms with Crippen molar-refractivity contribution in [2.45, 2.75) is 135 Å². The lowest BCUT2D eigenvalue weighted by atomic mass is 9.89. The Labute approximate surface area is 302 Å². The van der Waals surface area contributed by atoms with Crippen molar-refractivity contribution in [3.63, 3.8) is 0 Å². The van der Waals surface area contributed by atoms with E-state index in [-0.39, 0.29) is 60.5 Å². The lowest BCUT2D eigenvalue weighted by Crippen LogP contribution is -2.69. The fourth-order valence-corrected chi connectivity index (χ4v) is 12.6. The lowest BCUT2D eigenvalue weighted by Gasteiger charge is -2.47. The maximum absolute atomic E-state index is 13.8. The first-order valence-corrected chi connectivity index (χ1v) is 20.7. The third kappa shape index (κ3) is 10.2. The Morgan fingerprint density at radius 2 is 1.46 bits per heavy atom. The normalized spacial score (nSPS) is 29.9. The van der Waals surface area contributed by atoms with Crippen LogP contribution in [0.5, 0.6) is 0 Å². The van der Waals surface area contributed by atoms with Crippen molar-refractivity contribution in [2.75, 3.05) is 13.9 Å². The Balaban J connectivity index is 1.81. The van der Waals surface area contributed by atoms with Crippen LogP contribution in [0.1, 0.15) is 99.8 Å². The fraction of sp³-hybridized carbons (Fsp3) is 0.619. The summed E-state index contributed by atoms with van der Waals surface area (Å²) < 4.78 is 32.7. The Bertz CT molecular complexity index is 1320. The van der Waals surface area contributed by atoms with Crippen LogP contribution in [0, 0.1) is 17.8 Å². The number of cyclic esters (lactones) is 1. The van der Waals surface area contributed by atoms with Gasteiger partial charge in [0.2, 0.25) is 0 Å². The summed E-state index contributed by atoms with van der Waals surface area (Å²) in [6.07, 6.45) is 7.82. The van der Waals surface area contributed by atoms with E-state index in [0.717, 1.165) is 19.3 Å². The molecule has 2 heterocycles. The van der Waals surface area contributed by atoms with Crippen molar-refractivity contribution in [2.24, 2.45) is 17.8 Å². The van der Waals surface area contributed by atoms with Gasteiger partial charge in [-0.1, -0.05) is 128 Å². The zero-order chi connectivity index (χ0) is 36.3. The quantitative estimate of drug-likeness (QED) is 0.114. The van der Waals surface area contributed by atoms with E-state index in [1.165, 1.54) is 10.4 Å². The first-order chi connectivity index (χ1) is 23.9. The van der Waals surface area contributed by atoms with Crippen LogP contribution < -0.4 is 10.4 Å². The van der Waals surface area contributed by atoms with E-state index in [0.29, 0.717) is 25.2 Å². The summed E-state index contributed by atoms with van der Waals surface area (Å²) in [6, 6.07) is 21.3. The first-order valence-electron chi connectivity index (χ1n) is 18.8. The first kappa shape index (κ1) is 40.2. The third-order valence-corrected chi connectivity index (χ3v) is 15.6. The molecule has 7 nitrogen and oxygen atoms in total. The number of esters is 1. The molecule has 2 bridgehead atoms. The van der Waals surface area contributed by atoms with Crippen molar-refractivity contribution in [3.8, 4) is 0 Å². The average Bonchev–Trinajstić information content (AvgIpc) is 3.43. The van der Waals surface area contributed by atoms with Crippen molar-refractivity contribution in [3.05, 3.63) is 72.8 Å². The molecular formula is C42H62O7Si. The third-order valence-electron chi connectivity index (χ3n) is 10.5. The van der Waals surface area contributed by atoms with E-state index in [1.54, 1.807) is 7.11 Å².